The van der Waals surface area contributed by atoms with Crippen molar-refractivity contribution in [2.75, 3.05) is 67.5 Å². The van der Waals surface area contributed by atoms with Crippen LogP contribution in [0.15, 0.2) is 66.9 Å². The lowest BCUT2D eigenvalue weighted by molar-refractivity contribution is -0.384. The molecule has 2 aromatic carbocycles. The summed E-state index contributed by atoms with van der Waals surface area (Å²) in [5, 5.41) is 14.3. The molecular weight excluding hydrogens is 522 g/mol. The van der Waals surface area contributed by atoms with E-state index in [0.29, 0.717) is 69.5 Å². The van der Waals surface area contributed by atoms with Gasteiger partial charge in [-0.1, -0.05) is 0 Å². The number of carbonyl (C=O) groups is 2. The summed E-state index contributed by atoms with van der Waals surface area (Å²) in [4.78, 5) is 49.4. The fraction of sp³-hybridized carbons (Fsp3) is 0.367. The van der Waals surface area contributed by atoms with E-state index >= 15 is 0 Å². The van der Waals surface area contributed by atoms with Gasteiger partial charge in [0.05, 0.1) is 10.6 Å². The third-order valence-corrected chi connectivity index (χ3v) is 7.47. The number of hydrogen-bond donors (Lipinski definition) is 1. The minimum absolute atomic E-state index is 0.0399. The molecule has 0 unspecified atom stereocenters. The van der Waals surface area contributed by atoms with Crippen LogP contribution in [-0.4, -0.2) is 89.9 Å². The summed E-state index contributed by atoms with van der Waals surface area (Å²) < 4.78 is 0. The highest BCUT2D eigenvalue weighted by molar-refractivity contribution is 5.98. The Balaban J connectivity index is 1.13. The summed E-state index contributed by atoms with van der Waals surface area (Å²) in [6, 6.07) is 17.6. The predicted molar refractivity (Wildman–Crippen MR) is 159 cm³/mol. The van der Waals surface area contributed by atoms with Gasteiger partial charge in [-0.25, -0.2) is 4.98 Å². The standard InChI is InChI=1S/C30H35N7O4/c1-22(2)32-27-4-3-13-31-28(27)34-16-20-36(21-17-34)30(39)24-7-5-23(6-8-24)29(38)35-18-14-33(15-19-35)25-9-11-26(12-10-25)37(40)41/h3-13,22,32H,14-21H2,1-2H3. The number of rotatable bonds is 7. The summed E-state index contributed by atoms with van der Waals surface area (Å²) in [6.07, 6.45) is 1.79. The van der Waals surface area contributed by atoms with Crippen LogP contribution >= 0.6 is 0 Å². The number of nitro groups is 1. The number of aromatic nitrogens is 1. The van der Waals surface area contributed by atoms with Crippen LogP contribution in [0.4, 0.5) is 22.9 Å². The van der Waals surface area contributed by atoms with Crippen molar-refractivity contribution in [3.8, 4) is 0 Å². The quantitative estimate of drug-likeness (QED) is 0.345. The van der Waals surface area contributed by atoms with E-state index in [9.17, 15) is 19.7 Å². The van der Waals surface area contributed by atoms with Crippen molar-refractivity contribution in [2.24, 2.45) is 0 Å². The van der Waals surface area contributed by atoms with Gasteiger partial charge < -0.3 is 24.9 Å². The molecule has 214 valence electrons. The zero-order chi connectivity index (χ0) is 28.9. The van der Waals surface area contributed by atoms with Gasteiger partial charge in [0, 0.05) is 93.5 Å². The average Bonchev–Trinajstić information content (AvgIpc) is 3.01. The van der Waals surface area contributed by atoms with Crippen molar-refractivity contribution in [1.29, 1.82) is 0 Å². The summed E-state index contributed by atoms with van der Waals surface area (Å²) in [5.74, 6) is 0.800. The number of amides is 2. The number of nitro benzene ring substituents is 1. The van der Waals surface area contributed by atoms with Gasteiger partial charge in [0.15, 0.2) is 5.82 Å². The molecule has 2 amide bonds. The Morgan fingerprint density at radius 1 is 0.780 bits per heavy atom. The van der Waals surface area contributed by atoms with Crippen molar-refractivity contribution in [2.45, 2.75) is 19.9 Å². The van der Waals surface area contributed by atoms with Gasteiger partial charge in [-0.2, -0.15) is 0 Å². The van der Waals surface area contributed by atoms with E-state index in [0.717, 1.165) is 17.2 Å². The Morgan fingerprint density at radius 2 is 1.29 bits per heavy atom. The molecular formula is C30H35N7O4. The number of piperazine rings is 2. The molecule has 0 bridgehead atoms. The fourth-order valence-electron chi connectivity index (χ4n) is 5.27. The lowest BCUT2D eigenvalue weighted by atomic mass is 10.1. The van der Waals surface area contributed by atoms with Gasteiger partial charge in [-0.15, -0.1) is 0 Å². The van der Waals surface area contributed by atoms with Crippen LogP contribution in [0.3, 0.4) is 0 Å². The number of benzene rings is 2. The van der Waals surface area contributed by atoms with Gasteiger partial charge in [0.25, 0.3) is 17.5 Å². The minimum atomic E-state index is -0.413. The molecule has 2 saturated heterocycles. The van der Waals surface area contributed by atoms with Crippen LogP contribution < -0.4 is 15.1 Å². The third-order valence-electron chi connectivity index (χ3n) is 7.47. The molecule has 3 aromatic rings. The second kappa shape index (κ2) is 12.2. The van der Waals surface area contributed by atoms with Crippen LogP contribution in [0.2, 0.25) is 0 Å². The number of nitrogens with one attached hydrogen (secondary N) is 1. The summed E-state index contributed by atoms with van der Waals surface area (Å²) in [7, 11) is 0. The van der Waals surface area contributed by atoms with Gasteiger partial charge in [0.1, 0.15) is 0 Å². The lowest BCUT2D eigenvalue weighted by Gasteiger charge is -2.36. The molecule has 0 atom stereocenters. The zero-order valence-electron chi connectivity index (χ0n) is 23.4. The Labute approximate surface area is 239 Å². The maximum atomic E-state index is 13.2. The average molecular weight is 558 g/mol. The van der Waals surface area contributed by atoms with Crippen molar-refractivity contribution in [1.82, 2.24) is 14.8 Å². The Hall–Kier alpha value is -4.67. The predicted octanol–water partition coefficient (Wildman–Crippen LogP) is 3.73. The molecule has 5 rings (SSSR count). The topological polar surface area (TPSA) is 115 Å². The molecule has 41 heavy (non-hydrogen) atoms. The van der Waals surface area contributed by atoms with Gasteiger partial charge >= 0.3 is 0 Å². The highest BCUT2D eigenvalue weighted by Crippen LogP contribution is 2.25. The summed E-state index contributed by atoms with van der Waals surface area (Å²) >= 11 is 0. The van der Waals surface area contributed by atoms with Crippen LogP contribution in [0.5, 0.6) is 0 Å². The first-order valence-electron chi connectivity index (χ1n) is 13.9. The summed E-state index contributed by atoms with van der Waals surface area (Å²) in [6.45, 7) is 9.13. The molecule has 0 aliphatic carbocycles. The van der Waals surface area contributed by atoms with Crippen molar-refractivity contribution < 1.29 is 14.5 Å². The highest BCUT2D eigenvalue weighted by atomic mass is 16.6. The number of pyridine rings is 1. The van der Waals surface area contributed by atoms with E-state index in [2.05, 4.69) is 33.9 Å². The highest BCUT2D eigenvalue weighted by Gasteiger charge is 2.26. The number of carbonyl (C=O) groups excluding carboxylic acids is 2. The molecule has 2 aliphatic heterocycles. The molecule has 0 spiro atoms. The summed E-state index contributed by atoms with van der Waals surface area (Å²) in [5.41, 5.74) is 3.08. The molecule has 3 heterocycles. The maximum absolute atomic E-state index is 13.2. The Kier molecular flexibility index (Phi) is 8.32. The van der Waals surface area contributed by atoms with Crippen LogP contribution in [0.25, 0.3) is 0 Å². The van der Waals surface area contributed by atoms with E-state index in [1.807, 2.05) is 17.0 Å². The molecule has 2 fully saturated rings. The van der Waals surface area contributed by atoms with E-state index in [1.54, 1.807) is 47.5 Å². The maximum Gasteiger partial charge on any atom is 0.269 e. The molecule has 2 aliphatic rings. The van der Waals surface area contributed by atoms with Crippen molar-refractivity contribution in [3.05, 3.63) is 88.1 Å². The second-order valence-corrected chi connectivity index (χ2v) is 10.6. The molecule has 1 N–H and O–H groups in total. The second-order valence-electron chi connectivity index (χ2n) is 10.6. The fourth-order valence-corrected chi connectivity index (χ4v) is 5.27. The minimum Gasteiger partial charge on any atom is -0.380 e. The van der Waals surface area contributed by atoms with E-state index < -0.39 is 4.92 Å². The normalized spacial score (nSPS) is 15.7. The monoisotopic (exact) mass is 557 g/mol. The van der Waals surface area contributed by atoms with E-state index in [1.165, 1.54) is 12.1 Å². The zero-order valence-corrected chi connectivity index (χ0v) is 23.4. The van der Waals surface area contributed by atoms with Crippen LogP contribution in [0, 0.1) is 10.1 Å². The van der Waals surface area contributed by atoms with Gasteiger partial charge in [-0.05, 0) is 62.4 Å². The number of non-ortho nitro benzene ring substituents is 1. The first kappa shape index (κ1) is 27.9. The molecule has 0 radical (unpaired) electrons. The first-order valence-corrected chi connectivity index (χ1v) is 13.9. The van der Waals surface area contributed by atoms with Gasteiger partial charge in [0.2, 0.25) is 0 Å². The number of hydrogen-bond acceptors (Lipinski definition) is 8. The molecule has 11 nitrogen and oxygen atoms in total. The van der Waals surface area contributed by atoms with Crippen LogP contribution in [-0.2, 0) is 0 Å². The largest absolute Gasteiger partial charge is 0.380 e. The lowest BCUT2D eigenvalue weighted by Crippen LogP contribution is -2.49. The van der Waals surface area contributed by atoms with Gasteiger partial charge in [-0.3, -0.25) is 19.7 Å². The SMILES string of the molecule is CC(C)Nc1cccnc1N1CCN(C(=O)c2ccc(C(=O)N3CCN(c4ccc([N+](=O)[O-])cc4)CC3)cc2)CC1. The molecule has 11 heteroatoms. The Bertz CT molecular complexity index is 1380. The van der Waals surface area contributed by atoms with Crippen molar-refractivity contribution in [3.63, 3.8) is 0 Å². The smallest absolute Gasteiger partial charge is 0.269 e. The number of nitrogens with zero attached hydrogens (tertiary/aromatic N) is 6. The van der Waals surface area contributed by atoms with E-state index in [-0.39, 0.29) is 17.5 Å². The third kappa shape index (κ3) is 6.40. The van der Waals surface area contributed by atoms with Crippen molar-refractivity contribution >= 4 is 34.7 Å². The number of anilines is 3. The van der Waals surface area contributed by atoms with E-state index in [4.69, 9.17) is 0 Å². The molecule has 0 saturated carbocycles. The van der Waals surface area contributed by atoms with Crippen LogP contribution in [0.1, 0.15) is 34.6 Å². The molecule has 1 aromatic heterocycles. The Morgan fingerprint density at radius 3 is 1.78 bits per heavy atom. The first-order chi connectivity index (χ1) is 19.8.